The Morgan fingerprint density at radius 2 is 1.50 bits per heavy atom. The van der Waals surface area contributed by atoms with Crippen molar-refractivity contribution >= 4 is 5.91 Å². The van der Waals surface area contributed by atoms with Gasteiger partial charge in [0.1, 0.15) is 12.4 Å². The lowest BCUT2D eigenvalue weighted by atomic mass is 10.1. The summed E-state index contributed by atoms with van der Waals surface area (Å²) in [6, 6.07) is 21.4. The minimum atomic E-state index is -4.59. The van der Waals surface area contributed by atoms with Crippen molar-refractivity contribution in [1.82, 2.24) is 5.32 Å². The van der Waals surface area contributed by atoms with Crippen LogP contribution in [0.4, 0.5) is 13.2 Å². The van der Waals surface area contributed by atoms with E-state index in [-0.39, 0.29) is 6.54 Å². The molecule has 1 amide bonds. The van der Waals surface area contributed by atoms with Gasteiger partial charge in [0, 0.05) is 12.1 Å². The van der Waals surface area contributed by atoms with Crippen molar-refractivity contribution in [3.05, 3.63) is 101 Å². The highest BCUT2D eigenvalue weighted by molar-refractivity contribution is 5.95. The van der Waals surface area contributed by atoms with Crippen molar-refractivity contribution in [2.24, 2.45) is 0 Å². The van der Waals surface area contributed by atoms with Gasteiger partial charge in [0.15, 0.2) is 0 Å². The number of para-hydroxylation sites is 1. The number of amides is 1. The number of benzene rings is 3. The van der Waals surface area contributed by atoms with Gasteiger partial charge in [-0.1, -0.05) is 60.7 Å². The molecule has 3 aromatic carbocycles. The Labute approximate surface area is 160 Å². The third kappa shape index (κ3) is 4.91. The molecular weight excluding hydrogens is 367 g/mol. The largest absolute Gasteiger partial charge is 0.489 e. The molecule has 3 nitrogen and oxygen atoms in total. The van der Waals surface area contributed by atoms with Crippen LogP contribution in [0.15, 0.2) is 78.9 Å². The summed E-state index contributed by atoms with van der Waals surface area (Å²) in [5, 5.41) is 2.55. The predicted octanol–water partition coefficient (Wildman–Crippen LogP) is 5.21. The van der Waals surface area contributed by atoms with Gasteiger partial charge in [-0.15, -0.1) is 0 Å². The molecule has 0 radical (unpaired) electrons. The fourth-order valence-electron chi connectivity index (χ4n) is 2.73. The van der Waals surface area contributed by atoms with E-state index in [9.17, 15) is 18.0 Å². The van der Waals surface area contributed by atoms with E-state index in [0.717, 1.165) is 17.7 Å². The number of carbonyl (C=O) groups excluding carboxylic acids is 1. The Bertz CT molecular complexity index is 940. The molecule has 1 N–H and O–H groups in total. The molecule has 0 aliphatic carbocycles. The van der Waals surface area contributed by atoms with Crippen molar-refractivity contribution in [2.75, 3.05) is 0 Å². The van der Waals surface area contributed by atoms with Crippen molar-refractivity contribution in [1.29, 1.82) is 0 Å². The van der Waals surface area contributed by atoms with E-state index in [4.69, 9.17) is 4.74 Å². The van der Waals surface area contributed by atoms with Crippen LogP contribution in [-0.4, -0.2) is 5.91 Å². The van der Waals surface area contributed by atoms with Gasteiger partial charge in [0.2, 0.25) is 0 Å². The summed E-state index contributed by atoms with van der Waals surface area (Å²) >= 11 is 0. The first kappa shape index (κ1) is 19.5. The number of halogens is 3. The van der Waals surface area contributed by atoms with Crippen molar-refractivity contribution < 1.29 is 22.7 Å². The minimum absolute atomic E-state index is 0.0516. The molecule has 0 fully saturated rings. The molecule has 144 valence electrons. The number of ether oxygens (including phenoxy) is 1. The third-order valence-electron chi connectivity index (χ3n) is 4.13. The first-order chi connectivity index (χ1) is 13.4. The standard InChI is InChI=1S/C22H18F3NO2/c23-22(24,25)19-12-6-5-11-18(19)21(27)26-14-17-10-4-7-13-20(17)28-15-16-8-2-1-3-9-16/h1-13H,14-15H2,(H,26,27). The smallest absolute Gasteiger partial charge is 0.417 e. The predicted molar refractivity (Wildman–Crippen MR) is 99.8 cm³/mol. The van der Waals surface area contributed by atoms with E-state index in [1.54, 1.807) is 24.3 Å². The second-order valence-corrected chi connectivity index (χ2v) is 6.11. The van der Waals surface area contributed by atoms with E-state index in [2.05, 4.69) is 5.32 Å². The van der Waals surface area contributed by atoms with Gasteiger partial charge >= 0.3 is 6.18 Å². The van der Waals surface area contributed by atoms with Crippen molar-refractivity contribution in [2.45, 2.75) is 19.3 Å². The van der Waals surface area contributed by atoms with Gasteiger partial charge < -0.3 is 10.1 Å². The fourth-order valence-corrected chi connectivity index (χ4v) is 2.73. The van der Waals surface area contributed by atoms with E-state index >= 15 is 0 Å². The molecule has 0 saturated carbocycles. The molecular formula is C22H18F3NO2. The summed E-state index contributed by atoms with van der Waals surface area (Å²) in [7, 11) is 0. The van der Waals surface area contributed by atoms with Crippen molar-refractivity contribution in [3.8, 4) is 5.75 Å². The highest BCUT2D eigenvalue weighted by atomic mass is 19.4. The second-order valence-electron chi connectivity index (χ2n) is 6.11. The molecule has 0 unspecified atom stereocenters. The van der Waals surface area contributed by atoms with E-state index in [0.29, 0.717) is 17.9 Å². The Hall–Kier alpha value is -3.28. The zero-order chi connectivity index (χ0) is 20.0. The van der Waals surface area contributed by atoms with Gasteiger partial charge in [-0.2, -0.15) is 13.2 Å². The number of alkyl halides is 3. The monoisotopic (exact) mass is 385 g/mol. The Kier molecular flexibility index (Phi) is 5.99. The average molecular weight is 385 g/mol. The molecule has 28 heavy (non-hydrogen) atoms. The summed E-state index contributed by atoms with van der Waals surface area (Å²) in [5.41, 5.74) is 0.301. The quantitative estimate of drug-likeness (QED) is 0.632. The zero-order valence-corrected chi connectivity index (χ0v) is 14.9. The van der Waals surface area contributed by atoms with Crippen LogP contribution in [-0.2, 0) is 19.3 Å². The van der Waals surface area contributed by atoms with Crippen LogP contribution in [0.1, 0.15) is 27.0 Å². The Morgan fingerprint density at radius 3 is 2.25 bits per heavy atom. The maximum Gasteiger partial charge on any atom is 0.417 e. The molecule has 0 saturated heterocycles. The lowest BCUT2D eigenvalue weighted by molar-refractivity contribution is -0.137. The molecule has 6 heteroatoms. The van der Waals surface area contributed by atoms with Gasteiger partial charge in [0.25, 0.3) is 5.91 Å². The van der Waals surface area contributed by atoms with E-state index in [1.165, 1.54) is 12.1 Å². The van der Waals surface area contributed by atoms with Crippen LogP contribution in [0.25, 0.3) is 0 Å². The molecule has 0 heterocycles. The van der Waals surface area contributed by atoms with Crippen LogP contribution in [0.3, 0.4) is 0 Å². The average Bonchev–Trinajstić information content (AvgIpc) is 2.71. The molecule has 0 aromatic heterocycles. The maximum absolute atomic E-state index is 13.1. The Morgan fingerprint density at radius 1 is 0.857 bits per heavy atom. The van der Waals surface area contributed by atoms with Crippen LogP contribution in [0.5, 0.6) is 5.75 Å². The first-order valence-electron chi connectivity index (χ1n) is 8.64. The molecule has 3 aromatic rings. The zero-order valence-electron chi connectivity index (χ0n) is 14.9. The second kappa shape index (κ2) is 8.61. The summed E-state index contributed by atoms with van der Waals surface area (Å²) < 4.78 is 45.1. The lowest BCUT2D eigenvalue weighted by Crippen LogP contribution is -2.26. The first-order valence-corrected chi connectivity index (χ1v) is 8.64. The van der Waals surface area contributed by atoms with E-state index < -0.39 is 23.2 Å². The number of hydrogen-bond donors (Lipinski definition) is 1. The maximum atomic E-state index is 13.1. The van der Waals surface area contributed by atoms with Crippen LogP contribution in [0, 0.1) is 0 Å². The van der Waals surface area contributed by atoms with E-state index in [1.807, 2.05) is 30.3 Å². The Balaban J connectivity index is 1.69. The molecule has 3 rings (SSSR count). The van der Waals surface area contributed by atoms with Gasteiger partial charge in [-0.25, -0.2) is 0 Å². The number of carbonyl (C=O) groups is 1. The summed E-state index contributed by atoms with van der Waals surface area (Å²) in [6.45, 7) is 0.401. The molecule has 0 atom stereocenters. The fraction of sp³-hybridized carbons (Fsp3) is 0.136. The summed E-state index contributed by atoms with van der Waals surface area (Å²) in [4.78, 5) is 12.3. The number of hydrogen-bond acceptors (Lipinski definition) is 2. The van der Waals surface area contributed by atoms with Gasteiger partial charge in [-0.3, -0.25) is 4.79 Å². The highest BCUT2D eigenvalue weighted by Gasteiger charge is 2.34. The number of nitrogens with one attached hydrogen (secondary N) is 1. The molecule has 0 aliphatic heterocycles. The summed E-state index contributed by atoms with van der Waals surface area (Å²) in [5.74, 6) is -0.221. The van der Waals surface area contributed by atoms with Gasteiger partial charge in [0.05, 0.1) is 11.1 Å². The third-order valence-corrected chi connectivity index (χ3v) is 4.13. The highest BCUT2D eigenvalue weighted by Crippen LogP contribution is 2.31. The van der Waals surface area contributed by atoms with Crippen LogP contribution in [0.2, 0.25) is 0 Å². The normalized spacial score (nSPS) is 11.1. The van der Waals surface area contributed by atoms with Crippen LogP contribution < -0.4 is 10.1 Å². The van der Waals surface area contributed by atoms with Gasteiger partial charge in [-0.05, 0) is 23.8 Å². The van der Waals surface area contributed by atoms with Crippen LogP contribution >= 0.6 is 0 Å². The van der Waals surface area contributed by atoms with Crippen molar-refractivity contribution in [3.63, 3.8) is 0 Å². The topological polar surface area (TPSA) is 38.3 Å². The molecule has 0 aliphatic rings. The summed E-state index contributed by atoms with van der Waals surface area (Å²) in [6.07, 6.45) is -4.59. The molecule has 0 spiro atoms. The number of rotatable bonds is 6. The minimum Gasteiger partial charge on any atom is -0.489 e. The molecule has 0 bridgehead atoms. The SMILES string of the molecule is O=C(NCc1ccccc1OCc1ccccc1)c1ccccc1C(F)(F)F. The lowest BCUT2D eigenvalue weighted by Gasteiger charge is -2.14.